The normalized spacial score (nSPS) is 37.8. The molecule has 0 fully saturated rings. The van der Waals surface area contributed by atoms with Gasteiger partial charge in [-0.1, -0.05) is 19.1 Å². The number of hydrogen-bond acceptors (Lipinski definition) is 1. The van der Waals surface area contributed by atoms with Crippen molar-refractivity contribution in [2.45, 2.75) is 25.9 Å². The first-order valence-electron chi connectivity index (χ1n) is 3.15. The van der Waals surface area contributed by atoms with Crippen molar-refractivity contribution >= 4 is 0 Å². The highest BCUT2D eigenvalue weighted by Gasteiger charge is 2.07. The van der Waals surface area contributed by atoms with Crippen LogP contribution in [0.15, 0.2) is 12.2 Å². The van der Waals surface area contributed by atoms with Crippen molar-refractivity contribution in [1.82, 2.24) is 0 Å². The molecule has 0 aromatic carbocycles. The fourth-order valence-electron chi connectivity index (χ4n) is 0.944. The van der Waals surface area contributed by atoms with Crippen LogP contribution in [-0.4, -0.2) is 11.2 Å². The van der Waals surface area contributed by atoms with Crippen LogP contribution in [0.4, 0.5) is 0 Å². The topological polar surface area (TPSA) is 20.2 Å². The van der Waals surface area contributed by atoms with E-state index in [9.17, 15) is 0 Å². The Hall–Kier alpha value is -0.300. The van der Waals surface area contributed by atoms with Gasteiger partial charge in [0.1, 0.15) is 0 Å². The molecule has 0 bridgehead atoms. The lowest BCUT2D eigenvalue weighted by molar-refractivity contribution is 0.196. The summed E-state index contributed by atoms with van der Waals surface area (Å²) < 4.78 is 0. The molecule has 46 valence electrons. The molecular weight excluding hydrogens is 100 g/mol. The Bertz CT molecular complexity index is 84.6. The van der Waals surface area contributed by atoms with Gasteiger partial charge < -0.3 is 5.11 Å². The molecular formula is C7H12O. The van der Waals surface area contributed by atoms with Crippen LogP contribution in [0.3, 0.4) is 0 Å². The van der Waals surface area contributed by atoms with E-state index >= 15 is 0 Å². The highest BCUT2D eigenvalue weighted by Crippen LogP contribution is 2.15. The molecule has 1 heteroatoms. The Morgan fingerprint density at radius 1 is 1.38 bits per heavy atom. The molecule has 0 saturated carbocycles. The highest BCUT2D eigenvalue weighted by molar-refractivity contribution is 4.96. The second-order valence-corrected chi connectivity index (χ2v) is 2.51. The second-order valence-electron chi connectivity index (χ2n) is 2.51. The van der Waals surface area contributed by atoms with E-state index in [2.05, 4.69) is 13.0 Å². The minimum absolute atomic E-state index is 0.161. The molecule has 0 aromatic rings. The maximum absolute atomic E-state index is 8.94. The molecule has 1 nitrogen and oxygen atoms in total. The Morgan fingerprint density at radius 3 is 2.50 bits per heavy atom. The molecule has 0 amide bonds. The second kappa shape index (κ2) is 2.31. The number of rotatable bonds is 0. The van der Waals surface area contributed by atoms with Gasteiger partial charge >= 0.3 is 0 Å². The zero-order valence-electron chi connectivity index (χ0n) is 5.17. The maximum Gasteiger partial charge on any atom is 0.0721 e. The Morgan fingerprint density at radius 2 is 2.12 bits per heavy atom. The lowest BCUT2D eigenvalue weighted by atomic mass is 9.96. The third kappa shape index (κ3) is 1.34. The minimum atomic E-state index is -0.161. The predicted molar refractivity (Wildman–Crippen MR) is 33.5 cm³/mol. The van der Waals surface area contributed by atoms with Gasteiger partial charge in [-0.15, -0.1) is 0 Å². The molecule has 1 N–H and O–H groups in total. The smallest absolute Gasteiger partial charge is 0.0721 e. The van der Waals surface area contributed by atoms with E-state index in [1.54, 1.807) is 0 Å². The van der Waals surface area contributed by atoms with Crippen molar-refractivity contribution in [1.29, 1.82) is 0 Å². The number of allylic oxidation sites excluding steroid dienone is 1. The zero-order valence-corrected chi connectivity index (χ0v) is 5.17. The highest BCUT2D eigenvalue weighted by atomic mass is 16.3. The molecule has 0 saturated heterocycles. The lowest BCUT2D eigenvalue weighted by Crippen LogP contribution is -2.09. The zero-order chi connectivity index (χ0) is 5.98. The van der Waals surface area contributed by atoms with Crippen molar-refractivity contribution in [3.8, 4) is 0 Å². The van der Waals surface area contributed by atoms with Gasteiger partial charge in [0.05, 0.1) is 6.10 Å². The largest absolute Gasteiger partial charge is 0.389 e. The van der Waals surface area contributed by atoms with E-state index in [-0.39, 0.29) is 6.10 Å². The quantitative estimate of drug-likeness (QED) is 0.469. The van der Waals surface area contributed by atoms with Crippen LogP contribution in [0.2, 0.25) is 0 Å². The monoisotopic (exact) mass is 112 g/mol. The van der Waals surface area contributed by atoms with Gasteiger partial charge in [0.2, 0.25) is 0 Å². The number of aliphatic hydroxyl groups is 1. The summed E-state index contributed by atoms with van der Waals surface area (Å²) in [4.78, 5) is 0. The van der Waals surface area contributed by atoms with E-state index in [0.29, 0.717) is 5.92 Å². The Kier molecular flexibility index (Phi) is 1.69. The van der Waals surface area contributed by atoms with Crippen LogP contribution in [0.25, 0.3) is 0 Å². The Balaban J connectivity index is 2.42. The summed E-state index contributed by atoms with van der Waals surface area (Å²) in [6, 6.07) is 0. The first kappa shape index (κ1) is 5.83. The molecule has 0 unspecified atom stereocenters. The van der Waals surface area contributed by atoms with Crippen molar-refractivity contribution < 1.29 is 5.11 Å². The minimum Gasteiger partial charge on any atom is -0.389 e. The summed E-state index contributed by atoms with van der Waals surface area (Å²) >= 11 is 0. The van der Waals surface area contributed by atoms with Crippen LogP contribution >= 0.6 is 0 Å². The van der Waals surface area contributed by atoms with E-state index < -0.39 is 0 Å². The molecule has 1 rings (SSSR count). The van der Waals surface area contributed by atoms with Crippen LogP contribution in [0, 0.1) is 5.92 Å². The first-order chi connectivity index (χ1) is 3.79. The number of hydrogen-bond donors (Lipinski definition) is 1. The van der Waals surface area contributed by atoms with Gasteiger partial charge in [-0.2, -0.15) is 0 Å². The first-order valence-corrected chi connectivity index (χ1v) is 3.15. The van der Waals surface area contributed by atoms with Gasteiger partial charge in [0.25, 0.3) is 0 Å². The van der Waals surface area contributed by atoms with E-state index in [4.69, 9.17) is 5.11 Å². The predicted octanol–water partition coefficient (Wildman–Crippen LogP) is 1.33. The third-order valence-electron chi connectivity index (χ3n) is 1.58. The summed E-state index contributed by atoms with van der Waals surface area (Å²) in [6.45, 7) is 2.17. The molecule has 0 radical (unpaired) electrons. The standard InChI is InChI=1S/C7H12O/c1-6-2-4-7(8)5-3-6/h2,4,6-8H,3,5H2,1H3/t6-,7+/m1/s1. The average molecular weight is 112 g/mol. The lowest BCUT2D eigenvalue weighted by Gasteiger charge is -2.14. The fourth-order valence-corrected chi connectivity index (χ4v) is 0.944. The van der Waals surface area contributed by atoms with E-state index in [1.807, 2.05) is 6.08 Å². The van der Waals surface area contributed by atoms with Crippen LogP contribution in [0.5, 0.6) is 0 Å². The van der Waals surface area contributed by atoms with E-state index in [0.717, 1.165) is 12.8 Å². The van der Waals surface area contributed by atoms with Crippen molar-refractivity contribution in [2.24, 2.45) is 5.92 Å². The van der Waals surface area contributed by atoms with E-state index in [1.165, 1.54) is 0 Å². The van der Waals surface area contributed by atoms with Crippen molar-refractivity contribution in [2.75, 3.05) is 0 Å². The summed E-state index contributed by atoms with van der Waals surface area (Å²) in [5.41, 5.74) is 0. The molecule has 1 aliphatic carbocycles. The Labute approximate surface area is 50.0 Å². The summed E-state index contributed by atoms with van der Waals surface area (Å²) in [7, 11) is 0. The van der Waals surface area contributed by atoms with Crippen LogP contribution < -0.4 is 0 Å². The molecule has 1 aliphatic rings. The molecule has 0 aliphatic heterocycles. The molecule has 0 aromatic heterocycles. The van der Waals surface area contributed by atoms with Crippen molar-refractivity contribution in [3.05, 3.63) is 12.2 Å². The fraction of sp³-hybridized carbons (Fsp3) is 0.714. The molecule has 8 heavy (non-hydrogen) atoms. The van der Waals surface area contributed by atoms with Gasteiger partial charge in [-0.25, -0.2) is 0 Å². The molecule has 0 spiro atoms. The summed E-state index contributed by atoms with van der Waals surface area (Å²) in [5, 5.41) is 8.94. The van der Waals surface area contributed by atoms with Crippen molar-refractivity contribution in [3.63, 3.8) is 0 Å². The van der Waals surface area contributed by atoms with Gasteiger partial charge in [-0.05, 0) is 18.8 Å². The SMILES string of the molecule is C[C@@H]1C=C[C@H](O)CC1. The summed E-state index contributed by atoms with van der Waals surface area (Å²) in [6.07, 6.45) is 5.88. The molecule has 0 heterocycles. The van der Waals surface area contributed by atoms with Crippen LogP contribution in [0.1, 0.15) is 19.8 Å². The van der Waals surface area contributed by atoms with Gasteiger partial charge in [0, 0.05) is 0 Å². The summed E-state index contributed by atoms with van der Waals surface area (Å²) in [5.74, 6) is 0.679. The maximum atomic E-state index is 8.94. The number of aliphatic hydroxyl groups excluding tert-OH is 1. The molecule has 2 atom stereocenters. The van der Waals surface area contributed by atoms with Gasteiger partial charge in [0.15, 0.2) is 0 Å². The average Bonchev–Trinajstić information content (AvgIpc) is 1.77. The van der Waals surface area contributed by atoms with Gasteiger partial charge in [-0.3, -0.25) is 0 Å². The third-order valence-corrected chi connectivity index (χ3v) is 1.58. The van der Waals surface area contributed by atoms with Crippen LogP contribution in [-0.2, 0) is 0 Å².